The summed E-state index contributed by atoms with van der Waals surface area (Å²) in [5.74, 6) is 0. The summed E-state index contributed by atoms with van der Waals surface area (Å²) < 4.78 is 0. The summed E-state index contributed by atoms with van der Waals surface area (Å²) in [5.41, 5.74) is 15.2. The number of benzene rings is 5. The minimum absolute atomic E-state index is 0.0750. The van der Waals surface area contributed by atoms with Gasteiger partial charge in [0.25, 0.3) is 0 Å². The van der Waals surface area contributed by atoms with Crippen LogP contribution in [0.2, 0.25) is 5.02 Å². The van der Waals surface area contributed by atoms with Crippen molar-refractivity contribution in [2.75, 3.05) is 9.80 Å². The van der Waals surface area contributed by atoms with Crippen molar-refractivity contribution in [2.24, 2.45) is 0 Å². The number of anilines is 6. The van der Waals surface area contributed by atoms with Crippen molar-refractivity contribution in [1.29, 1.82) is 0 Å². The van der Waals surface area contributed by atoms with E-state index in [2.05, 4.69) is 182 Å². The normalized spacial score (nSPS) is 17.7. The summed E-state index contributed by atoms with van der Waals surface area (Å²) in [4.78, 5) is 4.76. The molecule has 2 nitrogen and oxygen atoms in total. The largest absolute Gasteiger partial charge is 0.309 e. The number of fused-ring (bicyclic) bond motifs is 2. The summed E-state index contributed by atoms with van der Waals surface area (Å²) in [7, 11) is 0. The summed E-state index contributed by atoms with van der Waals surface area (Å²) in [6.07, 6.45) is 8.18. The maximum Gasteiger partial charge on any atom is 0.0887 e. The molecule has 0 amide bonds. The zero-order valence-corrected chi connectivity index (χ0v) is 35.3. The van der Waals surface area contributed by atoms with E-state index in [1.165, 1.54) is 59.1 Å². The highest BCUT2D eigenvalue weighted by atomic mass is 35.5. The smallest absolute Gasteiger partial charge is 0.0887 e. The molecule has 2 aliphatic carbocycles. The van der Waals surface area contributed by atoms with E-state index in [-0.39, 0.29) is 21.7 Å². The molecule has 0 radical (unpaired) electrons. The van der Waals surface area contributed by atoms with Crippen molar-refractivity contribution in [1.82, 2.24) is 0 Å². The molecular weight excluding hydrogens is 676 g/mol. The molecule has 2 aliphatic rings. The zero-order valence-electron chi connectivity index (χ0n) is 34.5. The van der Waals surface area contributed by atoms with Gasteiger partial charge in [-0.3, -0.25) is 0 Å². The second-order valence-corrected chi connectivity index (χ2v) is 19.3. The molecule has 0 N–H and O–H groups in total. The van der Waals surface area contributed by atoms with Gasteiger partial charge < -0.3 is 9.80 Å². The monoisotopic (exact) mass is 736 g/mol. The first kappa shape index (κ1) is 38.3. The third kappa shape index (κ3) is 7.12. The molecule has 0 saturated carbocycles. The second-order valence-electron chi connectivity index (χ2n) is 18.9. The van der Waals surface area contributed by atoms with Crippen LogP contribution in [0.25, 0.3) is 0 Å². The Morgan fingerprint density at radius 2 is 0.889 bits per heavy atom. The van der Waals surface area contributed by atoms with Crippen LogP contribution in [-0.2, 0) is 28.1 Å². The molecule has 0 heterocycles. The van der Waals surface area contributed by atoms with Gasteiger partial charge in [0, 0.05) is 22.7 Å². The Hall–Kier alpha value is -4.01. The predicted molar refractivity (Wildman–Crippen MR) is 235 cm³/mol. The Balaban J connectivity index is 1.45. The predicted octanol–water partition coefficient (Wildman–Crippen LogP) is 15.6. The van der Waals surface area contributed by atoms with Gasteiger partial charge in [-0.2, -0.15) is 0 Å². The van der Waals surface area contributed by atoms with Gasteiger partial charge in [-0.25, -0.2) is 0 Å². The van der Waals surface area contributed by atoms with Crippen LogP contribution in [0.3, 0.4) is 0 Å². The lowest BCUT2D eigenvalue weighted by Crippen LogP contribution is -2.34. The second kappa shape index (κ2) is 14.2. The van der Waals surface area contributed by atoms with E-state index in [0.29, 0.717) is 0 Å². The molecule has 0 saturated heterocycles. The van der Waals surface area contributed by atoms with E-state index in [4.69, 9.17) is 11.6 Å². The third-order valence-corrected chi connectivity index (χ3v) is 13.3. The Bertz CT molecular complexity index is 2050. The molecular formula is C51H61ClN2. The minimum Gasteiger partial charge on any atom is -0.309 e. The zero-order chi connectivity index (χ0) is 38.6. The van der Waals surface area contributed by atoms with E-state index in [9.17, 15) is 0 Å². The summed E-state index contributed by atoms with van der Waals surface area (Å²) in [5, 5.41) is 0.725. The van der Waals surface area contributed by atoms with Crippen LogP contribution in [0.5, 0.6) is 0 Å². The van der Waals surface area contributed by atoms with E-state index in [1.807, 2.05) is 0 Å². The number of aryl methyl sites for hydroxylation is 2. The molecule has 3 heteroatoms. The molecule has 5 aromatic carbocycles. The van der Waals surface area contributed by atoms with Gasteiger partial charge in [-0.05, 0) is 156 Å². The Kier molecular flexibility index (Phi) is 10.1. The SMILES string of the molecule is CCCCc1ccc(N(c2ccc(C)cc2)c2cccc(N(c3ccc4c(c3)C(C)(C)CCC4(C)C)c3ccc4c(c3)C(C)(C)CCC4(C)C)c2Cl)cc1. The molecule has 0 fully saturated rings. The molecule has 0 spiro atoms. The molecule has 0 aliphatic heterocycles. The maximum atomic E-state index is 7.84. The number of hydrogen-bond acceptors (Lipinski definition) is 2. The summed E-state index contributed by atoms with van der Waals surface area (Å²) in [6, 6.07) is 38.9. The summed E-state index contributed by atoms with van der Waals surface area (Å²) >= 11 is 7.84. The maximum absolute atomic E-state index is 7.84. The molecule has 282 valence electrons. The van der Waals surface area contributed by atoms with Crippen molar-refractivity contribution in [3.8, 4) is 0 Å². The van der Waals surface area contributed by atoms with Gasteiger partial charge >= 0.3 is 0 Å². The molecule has 5 aromatic rings. The lowest BCUT2D eigenvalue weighted by atomic mass is 9.63. The number of unbranched alkanes of at least 4 members (excludes halogenated alkanes) is 1. The first-order chi connectivity index (χ1) is 25.5. The first-order valence-electron chi connectivity index (χ1n) is 20.4. The third-order valence-electron chi connectivity index (χ3n) is 12.9. The van der Waals surface area contributed by atoms with Gasteiger partial charge in [-0.1, -0.05) is 128 Å². The van der Waals surface area contributed by atoms with Crippen LogP contribution in [0.1, 0.15) is 134 Å². The average molecular weight is 738 g/mol. The average Bonchev–Trinajstić information content (AvgIpc) is 3.14. The Labute approximate surface area is 331 Å². The number of halogens is 1. The molecule has 0 aromatic heterocycles. The minimum atomic E-state index is 0.0750. The van der Waals surface area contributed by atoms with Crippen molar-refractivity contribution in [3.63, 3.8) is 0 Å². The summed E-state index contributed by atoms with van der Waals surface area (Å²) in [6.45, 7) is 23.7. The highest BCUT2D eigenvalue weighted by molar-refractivity contribution is 6.36. The van der Waals surface area contributed by atoms with E-state index in [0.717, 1.165) is 58.4 Å². The van der Waals surface area contributed by atoms with Crippen molar-refractivity contribution < 1.29 is 0 Å². The standard InChI is InChI=1S/C51H61ClN2/c1-11-12-14-36-19-23-38(24-20-36)53(37-21-17-35(2)18-22-37)45-15-13-16-46(47(45)52)54(39-25-27-41-43(33-39)50(7,8)31-29-48(41,3)4)40-26-28-42-44(34-40)51(9,10)32-30-49(42,5)6/h13,15-28,33-34H,11-12,14,29-32H2,1-10H3. The van der Waals surface area contributed by atoms with Crippen LogP contribution < -0.4 is 9.80 Å². The highest BCUT2D eigenvalue weighted by Crippen LogP contribution is 2.52. The number of rotatable bonds is 9. The van der Waals surface area contributed by atoms with Crippen LogP contribution >= 0.6 is 11.6 Å². The van der Waals surface area contributed by atoms with E-state index in [1.54, 1.807) is 0 Å². The van der Waals surface area contributed by atoms with Crippen LogP contribution in [0.4, 0.5) is 34.1 Å². The van der Waals surface area contributed by atoms with Crippen LogP contribution in [0, 0.1) is 6.92 Å². The molecule has 54 heavy (non-hydrogen) atoms. The molecule has 0 atom stereocenters. The van der Waals surface area contributed by atoms with Crippen molar-refractivity contribution in [3.05, 3.63) is 142 Å². The van der Waals surface area contributed by atoms with Gasteiger partial charge in [0.15, 0.2) is 0 Å². The first-order valence-corrected chi connectivity index (χ1v) is 20.7. The van der Waals surface area contributed by atoms with Crippen molar-refractivity contribution >= 4 is 45.7 Å². The molecule has 7 rings (SSSR count). The topological polar surface area (TPSA) is 6.48 Å². The fourth-order valence-electron chi connectivity index (χ4n) is 9.03. The van der Waals surface area contributed by atoms with Gasteiger partial charge in [0.05, 0.1) is 16.4 Å². The fourth-order valence-corrected chi connectivity index (χ4v) is 9.32. The fraction of sp³-hybridized carbons (Fsp3) is 0.412. The number of hydrogen-bond donors (Lipinski definition) is 0. The van der Waals surface area contributed by atoms with Gasteiger partial charge in [-0.15, -0.1) is 0 Å². The quantitative estimate of drug-likeness (QED) is 0.149. The van der Waals surface area contributed by atoms with Crippen LogP contribution in [0.15, 0.2) is 103 Å². The lowest BCUT2D eigenvalue weighted by Gasteiger charge is -2.43. The highest BCUT2D eigenvalue weighted by Gasteiger charge is 2.39. The lowest BCUT2D eigenvalue weighted by molar-refractivity contribution is 0.332. The van der Waals surface area contributed by atoms with E-state index < -0.39 is 0 Å². The van der Waals surface area contributed by atoms with Gasteiger partial charge in [0.2, 0.25) is 0 Å². The van der Waals surface area contributed by atoms with Gasteiger partial charge in [0.1, 0.15) is 0 Å². The number of nitrogens with zero attached hydrogens (tertiary/aromatic N) is 2. The van der Waals surface area contributed by atoms with E-state index >= 15 is 0 Å². The Morgan fingerprint density at radius 3 is 1.33 bits per heavy atom. The molecule has 0 unspecified atom stereocenters. The Morgan fingerprint density at radius 1 is 0.500 bits per heavy atom. The molecule has 0 bridgehead atoms. The van der Waals surface area contributed by atoms with Crippen molar-refractivity contribution in [2.45, 2.75) is 136 Å². The van der Waals surface area contributed by atoms with Crippen LogP contribution in [-0.4, -0.2) is 0 Å².